The summed E-state index contributed by atoms with van der Waals surface area (Å²) in [6, 6.07) is 3.95. The van der Waals surface area contributed by atoms with E-state index in [0.717, 1.165) is 6.42 Å². The number of carbonyl (C=O) groups is 3. The van der Waals surface area contributed by atoms with Crippen molar-refractivity contribution in [1.29, 1.82) is 0 Å². The molecule has 7 heteroatoms. The molecule has 3 amide bonds. The highest BCUT2D eigenvalue weighted by molar-refractivity contribution is 5.95. The second-order valence-corrected chi connectivity index (χ2v) is 4.33. The molecule has 0 aliphatic rings. The van der Waals surface area contributed by atoms with Gasteiger partial charge in [0, 0.05) is 12.1 Å². The summed E-state index contributed by atoms with van der Waals surface area (Å²) >= 11 is 0. The Bertz CT molecular complexity index is 542. The summed E-state index contributed by atoms with van der Waals surface area (Å²) in [6.07, 6.45) is 0.763. The summed E-state index contributed by atoms with van der Waals surface area (Å²) in [5, 5.41) is 13.6. The molecule has 0 saturated carbocycles. The van der Waals surface area contributed by atoms with Gasteiger partial charge in [0.05, 0.1) is 5.56 Å². The fourth-order valence-corrected chi connectivity index (χ4v) is 1.59. The smallest absolute Gasteiger partial charge is 0.336 e. The molecular formula is C14H18N2O5. The lowest BCUT2D eigenvalue weighted by atomic mass is 10.1. The monoisotopic (exact) mass is 294 g/mol. The van der Waals surface area contributed by atoms with Gasteiger partial charge in [-0.1, -0.05) is 13.0 Å². The Morgan fingerprint density at radius 2 is 2.00 bits per heavy atom. The van der Waals surface area contributed by atoms with E-state index in [2.05, 4.69) is 10.6 Å². The number of hydrogen-bond acceptors (Lipinski definition) is 4. The van der Waals surface area contributed by atoms with Crippen LogP contribution in [0.2, 0.25) is 0 Å². The molecule has 0 spiro atoms. The van der Waals surface area contributed by atoms with Gasteiger partial charge in [0.2, 0.25) is 0 Å². The first-order chi connectivity index (χ1) is 9.95. The van der Waals surface area contributed by atoms with Crippen molar-refractivity contribution in [2.24, 2.45) is 0 Å². The predicted octanol–water partition coefficient (Wildman–Crippen LogP) is 1.31. The van der Waals surface area contributed by atoms with Gasteiger partial charge in [-0.15, -0.1) is 0 Å². The van der Waals surface area contributed by atoms with Gasteiger partial charge in [0.25, 0.3) is 5.91 Å². The molecule has 0 saturated heterocycles. The summed E-state index contributed by atoms with van der Waals surface area (Å²) in [5.74, 6) is -1.39. The number of aromatic carboxylic acids is 1. The first-order valence-corrected chi connectivity index (χ1v) is 6.49. The van der Waals surface area contributed by atoms with E-state index in [-0.39, 0.29) is 12.2 Å². The van der Waals surface area contributed by atoms with Gasteiger partial charge in [-0.2, -0.15) is 0 Å². The first kappa shape index (κ1) is 16.5. The molecule has 0 radical (unpaired) electrons. The van der Waals surface area contributed by atoms with Crippen LogP contribution in [0.1, 0.15) is 29.3 Å². The summed E-state index contributed by atoms with van der Waals surface area (Å²) in [5.41, 5.74) is 0.529. The summed E-state index contributed by atoms with van der Waals surface area (Å²) in [4.78, 5) is 33.7. The number of urea groups is 1. The largest absolute Gasteiger partial charge is 0.483 e. The molecule has 1 rings (SSSR count). The van der Waals surface area contributed by atoms with Crippen molar-refractivity contribution in [1.82, 2.24) is 10.6 Å². The number of imide groups is 1. The van der Waals surface area contributed by atoms with Gasteiger partial charge < -0.3 is 15.2 Å². The number of rotatable bonds is 6. The third-order valence-electron chi connectivity index (χ3n) is 2.66. The minimum Gasteiger partial charge on any atom is -0.483 e. The number of hydrogen-bond donors (Lipinski definition) is 3. The van der Waals surface area contributed by atoms with Gasteiger partial charge in [0.1, 0.15) is 5.75 Å². The number of benzene rings is 1. The molecule has 1 aromatic carbocycles. The quantitative estimate of drug-likeness (QED) is 0.733. The maximum absolute atomic E-state index is 11.5. The van der Waals surface area contributed by atoms with Crippen molar-refractivity contribution in [2.45, 2.75) is 20.3 Å². The van der Waals surface area contributed by atoms with Crippen LogP contribution < -0.4 is 15.4 Å². The lowest BCUT2D eigenvalue weighted by Gasteiger charge is -2.11. The Labute approximate surface area is 122 Å². The molecule has 0 unspecified atom stereocenters. The van der Waals surface area contributed by atoms with Gasteiger partial charge in [0.15, 0.2) is 6.61 Å². The molecule has 0 fully saturated rings. The van der Waals surface area contributed by atoms with Crippen molar-refractivity contribution in [3.63, 3.8) is 0 Å². The molecule has 0 aliphatic heterocycles. The average Bonchev–Trinajstić information content (AvgIpc) is 2.43. The topological polar surface area (TPSA) is 105 Å². The van der Waals surface area contributed by atoms with E-state index >= 15 is 0 Å². The molecular weight excluding hydrogens is 276 g/mol. The van der Waals surface area contributed by atoms with Crippen molar-refractivity contribution in [3.8, 4) is 5.75 Å². The fourth-order valence-electron chi connectivity index (χ4n) is 1.59. The number of carbonyl (C=O) groups excluding carboxylic acids is 2. The van der Waals surface area contributed by atoms with E-state index in [1.165, 1.54) is 12.1 Å². The minimum atomic E-state index is -1.07. The van der Waals surface area contributed by atoms with Crippen LogP contribution in [0.4, 0.5) is 4.79 Å². The molecule has 0 atom stereocenters. The summed E-state index contributed by atoms with van der Waals surface area (Å²) in [6.45, 7) is 3.58. The van der Waals surface area contributed by atoms with Crippen LogP contribution in [0.15, 0.2) is 18.2 Å². The lowest BCUT2D eigenvalue weighted by molar-refractivity contribution is -0.122. The number of amides is 3. The zero-order valence-electron chi connectivity index (χ0n) is 11.9. The first-order valence-electron chi connectivity index (χ1n) is 6.49. The number of ether oxygens (including phenoxy) is 1. The van der Waals surface area contributed by atoms with Crippen LogP contribution in [0, 0.1) is 6.92 Å². The summed E-state index contributed by atoms with van der Waals surface area (Å²) in [7, 11) is 0. The molecule has 0 aromatic heterocycles. The molecule has 0 aliphatic carbocycles. The second kappa shape index (κ2) is 7.88. The molecule has 3 N–H and O–H groups in total. The minimum absolute atomic E-state index is 0.105. The van der Waals surface area contributed by atoms with E-state index in [1.807, 2.05) is 6.92 Å². The number of carboxylic acid groups (broad SMARTS) is 1. The molecule has 7 nitrogen and oxygen atoms in total. The highest BCUT2D eigenvalue weighted by atomic mass is 16.5. The Morgan fingerprint density at radius 1 is 1.29 bits per heavy atom. The SMILES string of the molecule is CCCNC(=O)NC(=O)COc1cccc(C(=O)O)c1C. The second-order valence-electron chi connectivity index (χ2n) is 4.33. The molecule has 0 bridgehead atoms. The molecule has 114 valence electrons. The van der Waals surface area contributed by atoms with Crippen LogP contribution in [-0.2, 0) is 4.79 Å². The standard InChI is InChI=1S/C14H18N2O5/c1-3-7-15-14(20)16-12(17)8-21-11-6-4-5-10(9(11)2)13(18)19/h4-6H,3,7-8H2,1-2H3,(H,18,19)(H2,15,16,17,20). The van der Waals surface area contributed by atoms with E-state index < -0.39 is 17.9 Å². The van der Waals surface area contributed by atoms with Crippen molar-refractivity contribution >= 4 is 17.9 Å². The number of nitrogens with one attached hydrogen (secondary N) is 2. The van der Waals surface area contributed by atoms with Crippen molar-refractivity contribution < 1.29 is 24.2 Å². The predicted molar refractivity (Wildman–Crippen MR) is 75.5 cm³/mol. The van der Waals surface area contributed by atoms with Crippen molar-refractivity contribution in [3.05, 3.63) is 29.3 Å². The Morgan fingerprint density at radius 3 is 2.62 bits per heavy atom. The number of carboxylic acids is 1. The lowest BCUT2D eigenvalue weighted by Crippen LogP contribution is -2.41. The maximum Gasteiger partial charge on any atom is 0.336 e. The third-order valence-corrected chi connectivity index (χ3v) is 2.66. The van der Waals surface area contributed by atoms with Gasteiger partial charge in [-0.05, 0) is 25.5 Å². The van der Waals surface area contributed by atoms with Gasteiger partial charge in [-0.3, -0.25) is 10.1 Å². The maximum atomic E-state index is 11.5. The average molecular weight is 294 g/mol. The molecule has 1 aromatic rings. The molecule has 21 heavy (non-hydrogen) atoms. The zero-order chi connectivity index (χ0) is 15.8. The third kappa shape index (κ3) is 5.13. The van der Waals surface area contributed by atoms with E-state index in [0.29, 0.717) is 17.9 Å². The van der Waals surface area contributed by atoms with Crippen LogP contribution in [-0.4, -0.2) is 36.2 Å². The zero-order valence-corrected chi connectivity index (χ0v) is 11.9. The molecule has 0 heterocycles. The van der Waals surface area contributed by atoms with E-state index in [1.54, 1.807) is 13.0 Å². The summed E-state index contributed by atoms with van der Waals surface area (Å²) < 4.78 is 5.24. The van der Waals surface area contributed by atoms with E-state index in [9.17, 15) is 14.4 Å². The van der Waals surface area contributed by atoms with Crippen LogP contribution in [0.5, 0.6) is 5.75 Å². The Hall–Kier alpha value is -2.57. The van der Waals surface area contributed by atoms with Crippen LogP contribution in [0.3, 0.4) is 0 Å². The van der Waals surface area contributed by atoms with Crippen LogP contribution in [0.25, 0.3) is 0 Å². The van der Waals surface area contributed by atoms with Gasteiger partial charge >= 0.3 is 12.0 Å². The highest BCUT2D eigenvalue weighted by Gasteiger charge is 2.13. The van der Waals surface area contributed by atoms with Crippen LogP contribution >= 0.6 is 0 Å². The van der Waals surface area contributed by atoms with Crippen molar-refractivity contribution in [2.75, 3.05) is 13.2 Å². The normalized spacial score (nSPS) is 9.81. The Kier molecular flexibility index (Phi) is 6.19. The highest BCUT2D eigenvalue weighted by Crippen LogP contribution is 2.21. The Balaban J connectivity index is 2.56. The van der Waals surface area contributed by atoms with Gasteiger partial charge in [-0.25, -0.2) is 9.59 Å². The fraction of sp³-hybridized carbons (Fsp3) is 0.357. The van der Waals surface area contributed by atoms with E-state index in [4.69, 9.17) is 9.84 Å².